The zero-order valence-electron chi connectivity index (χ0n) is 12.3. The van der Waals surface area contributed by atoms with Crippen molar-refractivity contribution in [2.45, 2.75) is 45.2 Å². The first kappa shape index (κ1) is 15.0. The van der Waals surface area contributed by atoms with Crippen molar-refractivity contribution < 1.29 is 9.59 Å². The molecule has 0 unspecified atom stereocenters. The highest BCUT2D eigenvalue weighted by Gasteiger charge is 2.39. The highest BCUT2D eigenvalue weighted by atomic mass is 32.1. The van der Waals surface area contributed by atoms with Gasteiger partial charge in [-0.2, -0.15) is 0 Å². The number of amides is 2. The van der Waals surface area contributed by atoms with Crippen molar-refractivity contribution in [2.24, 2.45) is 5.92 Å². The van der Waals surface area contributed by atoms with Gasteiger partial charge in [0.05, 0.1) is 12.0 Å². The van der Waals surface area contributed by atoms with E-state index in [1.807, 2.05) is 24.4 Å². The first-order valence-corrected chi connectivity index (χ1v) is 8.02. The van der Waals surface area contributed by atoms with E-state index >= 15 is 0 Å². The van der Waals surface area contributed by atoms with Crippen molar-refractivity contribution in [1.82, 2.24) is 10.2 Å². The van der Waals surface area contributed by atoms with Crippen LogP contribution in [0.1, 0.15) is 44.0 Å². The van der Waals surface area contributed by atoms with Gasteiger partial charge in [0, 0.05) is 24.4 Å². The van der Waals surface area contributed by atoms with Gasteiger partial charge in [-0.3, -0.25) is 9.59 Å². The molecule has 0 bridgehead atoms. The Morgan fingerprint density at radius 1 is 1.60 bits per heavy atom. The number of nitrogens with zero attached hydrogens (tertiary/aromatic N) is 1. The fraction of sp³-hybridized carbons (Fsp3) is 0.600. The number of hydrogen-bond donors (Lipinski definition) is 1. The van der Waals surface area contributed by atoms with Crippen molar-refractivity contribution >= 4 is 23.2 Å². The summed E-state index contributed by atoms with van der Waals surface area (Å²) in [5.74, 6) is 0.0402. The third-order valence-electron chi connectivity index (χ3n) is 4.03. The van der Waals surface area contributed by atoms with Crippen LogP contribution in [0.25, 0.3) is 0 Å². The summed E-state index contributed by atoms with van der Waals surface area (Å²) in [6.45, 7) is 4.06. The lowest BCUT2D eigenvalue weighted by Gasteiger charge is -2.38. The molecule has 1 aliphatic rings. The molecule has 0 radical (unpaired) electrons. The minimum atomic E-state index is -0.148. The van der Waals surface area contributed by atoms with Crippen LogP contribution in [-0.4, -0.2) is 29.8 Å². The maximum atomic E-state index is 12.5. The molecule has 110 valence electrons. The molecule has 3 atom stereocenters. The third kappa shape index (κ3) is 3.03. The SMILES string of the molecule is CC[C@H](C)NC(=O)[C@@H]1CCC(=O)N(C)[C@H]1c1cccs1. The van der Waals surface area contributed by atoms with Crippen LogP contribution < -0.4 is 5.32 Å². The zero-order chi connectivity index (χ0) is 14.7. The average molecular weight is 294 g/mol. The minimum Gasteiger partial charge on any atom is -0.353 e. The lowest BCUT2D eigenvalue weighted by molar-refractivity contribution is -0.141. The van der Waals surface area contributed by atoms with Crippen LogP contribution in [-0.2, 0) is 9.59 Å². The van der Waals surface area contributed by atoms with Crippen LogP contribution >= 0.6 is 11.3 Å². The van der Waals surface area contributed by atoms with Gasteiger partial charge in [0.15, 0.2) is 0 Å². The number of likely N-dealkylation sites (tertiary alicyclic amines) is 1. The second kappa shape index (κ2) is 6.39. The van der Waals surface area contributed by atoms with Gasteiger partial charge in [-0.1, -0.05) is 13.0 Å². The molecule has 0 spiro atoms. The Hall–Kier alpha value is -1.36. The molecule has 2 amide bonds. The van der Waals surface area contributed by atoms with E-state index in [1.54, 1.807) is 23.3 Å². The minimum absolute atomic E-state index is 0.0668. The third-order valence-corrected chi connectivity index (χ3v) is 4.98. The number of carbonyl (C=O) groups excluding carboxylic acids is 2. The number of thiophene rings is 1. The van der Waals surface area contributed by atoms with Crippen LogP contribution in [0.3, 0.4) is 0 Å². The second-order valence-electron chi connectivity index (χ2n) is 5.43. The molecular weight excluding hydrogens is 272 g/mol. The quantitative estimate of drug-likeness (QED) is 0.928. The molecule has 1 fully saturated rings. The van der Waals surface area contributed by atoms with Crippen LogP contribution in [0.5, 0.6) is 0 Å². The summed E-state index contributed by atoms with van der Waals surface area (Å²) < 4.78 is 0. The van der Waals surface area contributed by atoms with E-state index in [0.29, 0.717) is 12.8 Å². The Morgan fingerprint density at radius 3 is 2.95 bits per heavy atom. The normalized spacial score (nSPS) is 24.6. The summed E-state index contributed by atoms with van der Waals surface area (Å²) in [6.07, 6.45) is 2.00. The van der Waals surface area contributed by atoms with Crippen molar-refractivity contribution in [2.75, 3.05) is 7.05 Å². The molecule has 1 aromatic heterocycles. The zero-order valence-corrected chi connectivity index (χ0v) is 13.1. The van der Waals surface area contributed by atoms with E-state index in [1.165, 1.54) is 0 Å². The van der Waals surface area contributed by atoms with Crippen LogP contribution in [0.4, 0.5) is 0 Å². The van der Waals surface area contributed by atoms with E-state index < -0.39 is 0 Å². The summed E-state index contributed by atoms with van der Waals surface area (Å²) in [7, 11) is 1.80. The van der Waals surface area contributed by atoms with Gasteiger partial charge in [0.25, 0.3) is 0 Å². The second-order valence-corrected chi connectivity index (χ2v) is 6.41. The molecule has 1 aromatic rings. The van der Waals surface area contributed by atoms with Gasteiger partial charge in [-0.05, 0) is 31.2 Å². The molecular formula is C15H22N2O2S. The summed E-state index contributed by atoms with van der Waals surface area (Å²) in [5, 5.41) is 5.05. The fourth-order valence-corrected chi connectivity index (χ4v) is 3.55. The molecule has 4 nitrogen and oxygen atoms in total. The van der Waals surface area contributed by atoms with Gasteiger partial charge in [-0.25, -0.2) is 0 Å². The number of nitrogens with one attached hydrogen (secondary N) is 1. The lowest BCUT2D eigenvalue weighted by atomic mass is 9.87. The van der Waals surface area contributed by atoms with E-state index in [0.717, 1.165) is 11.3 Å². The molecule has 0 aliphatic carbocycles. The van der Waals surface area contributed by atoms with Gasteiger partial charge < -0.3 is 10.2 Å². The Balaban J connectivity index is 2.21. The Labute approximate surface area is 124 Å². The highest BCUT2D eigenvalue weighted by Crippen LogP contribution is 2.37. The smallest absolute Gasteiger partial charge is 0.225 e. The maximum absolute atomic E-state index is 12.5. The topological polar surface area (TPSA) is 49.4 Å². The number of rotatable bonds is 4. The Morgan fingerprint density at radius 2 is 2.35 bits per heavy atom. The Kier molecular flexibility index (Phi) is 4.81. The van der Waals surface area contributed by atoms with Crippen molar-refractivity contribution in [3.05, 3.63) is 22.4 Å². The standard InChI is InChI=1S/C15H22N2O2S/c1-4-10(2)16-15(19)11-7-8-13(18)17(3)14(11)12-6-5-9-20-12/h5-6,9-11,14H,4,7-8H2,1-3H3,(H,16,19)/t10-,11+,14+/m0/s1. The van der Waals surface area contributed by atoms with E-state index in [-0.39, 0.29) is 29.8 Å². The largest absolute Gasteiger partial charge is 0.353 e. The summed E-state index contributed by atoms with van der Waals surface area (Å²) >= 11 is 1.61. The predicted molar refractivity (Wildman–Crippen MR) is 80.4 cm³/mol. The maximum Gasteiger partial charge on any atom is 0.225 e. The number of piperidine rings is 1. The van der Waals surface area contributed by atoms with Crippen LogP contribution in [0.2, 0.25) is 0 Å². The molecule has 5 heteroatoms. The summed E-state index contributed by atoms with van der Waals surface area (Å²) in [6, 6.07) is 4.03. The summed E-state index contributed by atoms with van der Waals surface area (Å²) in [5.41, 5.74) is 0. The molecule has 1 saturated heterocycles. The van der Waals surface area contributed by atoms with E-state index in [2.05, 4.69) is 12.2 Å². The molecule has 20 heavy (non-hydrogen) atoms. The van der Waals surface area contributed by atoms with Gasteiger partial charge in [-0.15, -0.1) is 11.3 Å². The lowest BCUT2D eigenvalue weighted by Crippen LogP contribution is -2.47. The van der Waals surface area contributed by atoms with Crippen molar-refractivity contribution in [3.63, 3.8) is 0 Å². The molecule has 2 heterocycles. The Bertz CT molecular complexity index is 472. The predicted octanol–water partition coefficient (Wildman–Crippen LogP) is 2.57. The molecule has 0 aromatic carbocycles. The summed E-state index contributed by atoms with van der Waals surface area (Å²) in [4.78, 5) is 27.2. The first-order valence-electron chi connectivity index (χ1n) is 7.14. The van der Waals surface area contributed by atoms with Gasteiger partial charge in [0.1, 0.15) is 0 Å². The van der Waals surface area contributed by atoms with Crippen molar-refractivity contribution in [1.29, 1.82) is 0 Å². The monoisotopic (exact) mass is 294 g/mol. The van der Waals surface area contributed by atoms with Crippen molar-refractivity contribution in [3.8, 4) is 0 Å². The van der Waals surface area contributed by atoms with E-state index in [4.69, 9.17) is 0 Å². The molecule has 1 N–H and O–H groups in total. The van der Waals surface area contributed by atoms with E-state index in [9.17, 15) is 9.59 Å². The average Bonchev–Trinajstić information content (AvgIpc) is 2.95. The molecule has 1 aliphatic heterocycles. The highest BCUT2D eigenvalue weighted by molar-refractivity contribution is 7.10. The van der Waals surface area contributed by atoms with Gasteiger partial charge >= 0.3 is 0 Å². The fourth-order valence-electron chi connectivity index (χ4n) is 2.61. The number of carbonyl (C=O) groups is 2. The number of hydrogen-bond acceptors (Lipinski definition) is 3. The molecule has 0 saturated carbocycles. The first-order chi connectivity index (χ1) is 9.54. The van der Waals surface area contributed by atoms with Crippen LogP contribution in [0, 0.1) is 5.92 Å². The van der Waals surface area contributed by atoms with Gasteiger partial charge in [0.2, 0.25) is 11.8 Å². The molecule has 2 rings (SSSR count). The van der Waals surface area contributed by atoms with Crippen LogP contribution in [0.15, 0.2) is 17.5 Å².